The van der Waals surface area contributed by atoms with Crippen molar-refractivity contribution in [1.82, 2.24) is 5.32 Å². The fraction of sp³-hybridized carbons (Fsp3) is 0.733. The molecule has 21 heavy (non-hydrogen) atoms. The molecule has 0 saturated heterocycles. The van der Waals surface area contributed by atoms with Crippen LogP contribution in [0.5, 0.6) is 0 Å². The van der Waals surface area contributed by atoms with E-state index in [1.807, 2.05) is 6.26 Å². The maximum atomic E-state index is 12.0. The number of terminal acetylenes is 1. The van der Waals surface area contributed by atoms with Crippen molar-refractivity contribution in [2.45, 2.75) is 39.2 Å². The van der Waals surface area contributed by atoms with Crippen LogP contribution < -0.4 is 5.32 Å². The van der Waals surface area contributed by atoms with E-state index in [1.54, 1.807) is 11.8 Å². The van der Waals surface area contributed by atoms with Crippen LogP contribution in [0.1, 0.15) is 33.1 Å². The molecule has 5 nitrogen and oxygen atoms in total. The van der Waals surface area contributed by atoms with E-state index in [9.17, 15) is 9.59 Å². The fourth-order valence-corrected chi connectivity index (χ4v) is 2.01. The molecule has 0 aromatic heterocycles. The second kappa shape index (κ2) is 12.4. The summed E-state index contributed by atoms with van der Waals surface area (Å²) in [6.07, 6.45) is 8.55. The van der Waals surface area contributed by atoms with Crippen molar-refractivity contribution in [1.29, 1.82) is 0 Å². The molecule has 0 spiro atoms. The van der Waals surface area contributed by atoms with Gasteiger partial charge in [0.1, 0.15) is 6.04 Å². The first-order valence-corrected chi connectivity index (χ1v) is 8.43. The number of hydrogen-bond donors (Lipinski definition) is 1. The highest BCUT2D eigenvalue weighted by Gasteiger charge is 2.22. The zero-order chi connectivity index (χ0) is 16.1. The van der Waals surface area contributed by atoms with Crippen LogP contribution in [0, 0.1) is 18.3 Å². The highest BCUT2D eigenvalue weighted by Crippen LogP contribution is 2.06. The van der Waals surface area contributed by atoms with Gasteiger partial charge in [0, 0.05) is 0 Å². The Bertz CT molecular complexity index is 352. The number of carbonyl (C=O) groups excluding carboxylic acids is 2. The van der Waals surface area contributed by atoms with Gasteiger partial charge in [-0.3, -0.25) is 0 Å². The average Bonchev–Trinajstić information content (AvgIpc) is 2.45. The van der Waals surface area contributed by atoms with Crippen molar-refractivity contribution in [3.8, 4) is 12.3 Å². The van der Waals surface area contributed by atoms with Gasteiger partial charge >= 0.3 is 12.1 Å². The minimum Gasteiger partial charge on any atom is -0.464 e. The molecule has 0 aliphatic rings. The van der Waals surface area contributed by atoms with Crippen LogP contribution in [-0.2, 0) is 14.3 Å². The summed E-state index contributed by atoms with van der Waals surface area (Å²) in [5.41, 5.74) is 0. The minimum absolute atomic E-state index is 0.121. The molecule has 0 fully saturated rings. The maximum Gasteiger partial charge on any atom is 0.408 e. The number of thioether (sulfide) groups is 1. The molecule has 0 aliphatic heterocycles. The van der Waals surface area contributed by atoms with Crippen molar-refractivity contribution in [3.63, 3.8) is 0 Å². The topological polar surface area (TPSA) is 64.6 Å². The Hall–Kier alpha value is -1.35. The highest BCUT2D eigenvalue weighted by molar-refractivity contribution is 7.98. The SMILES string of the molecule is C#CCOC(=O)NC(CCSC)C(=O)OCCCC(C)C. The zero-order valence-electron chi connectivity index (χ0n) is 13.0. The Morgan fingerprint density at radius 2 is 2.00 bits per heavy atom. The predicted octanol–water partition coefficient (Wildman–Crippen LogP) is 2.45. The summed E-state index contributed by atoms with van der Waals surface area (Å²) in [5, 5.41) is 2.49. The van der Waals surface area contributed by atoms with Gasteiger partial charge in [-0.1, -0.05) is 19.8 Å². The van der Waals surface area contributed by atoms with E-state index in [0.29, 0.717) is 18.9 Å². The maximum absolute atomic E-state index is 12.0. The first kappa shape index (κ1) is 19.7. The molecule has 1 unspecified atom stereocenters. The van der Waals surface area contributed by atoms with Gasteiger partial charge in [0.25, 0.3) is 0 Å². The van der Waals surface area contributed by atoms with Crippen LogP contribution in [0.4, 0.5) is 4.79 Å². The van der Waals surface area contributed by atoms with E-state index in [4.69, 9.17) is 15.9 Å². The lowest BCUT2D eigenvalue weighted by atomic mass is 10.1. The van der Waals surface area contributed by atoms with E-state index in [2.05, 4.69) is 25.1 Å². The number of carbonyl (C=O) groups is 2. The van der Waals surface area contributed by atoms with Gasteiger partial charge in [-0.15, -0.1) is 6.42 Å². The zero-order valence-corrected chi connectivity index (χ0v) is 13.8. The van der Waals surface area contributed by atoms with Crippen LogP contribution >= 0.6 is 11.8 Å². The standard InChI is InChI=1S/C15H25NO4S/c1-5-9-20-15(18)16-13(8-11-21-4)14(17)19-10-6-7-12(2)3/h1,12-13H,6-11H2,2-4H3,(H,16,18). The number of ether oxygens (including phenoxy) is 2. The molecule has 0 aliphatic carbocycles. The number of amides is 1. The van der Waals surface area contributed by atoms with E-state index in [0.717, 1.165) is 18.6 Å². The summed E-state index contributed by atoms with van der Waals surface area (Å²) < 4.78 is 9.91. The summed E-state index contributed by atoms with van der Waals surface area (Å²) in [5.74, 6) is 3.08. The van der Waals surface area contributed by atoms with Crippen molar-refractivity contribution < 1.29 is 19.1 Å². The van der Waals surface area contributed by atoms with Gasteiger partial charge in [-0.2, -0.15) is 11.8 Å². The first-order chi connectivity index (χ1) is 10.0. The number of esters is 1. The quantitative estimate of drug-likeness (QED) is 0.381. The van der Waals surface area contributed by atoms with Crippen LogP contribution in [0.25, 0.3) is 0 Å². The normalized spacial score (nSPS) is 11.6. The van der Waals surface area contributed by atoms with Gasteiger partial charge in [0.2, 0.25) is 0 Å². The fourth-order valence-electron chi connectivity index (χ4n) is 1.54. The van der Waals surface area contributed by atoms with Gasteiger partial charge < -0.3 is 14.8 Å². The Labute approximate surface area is 131 Å². The van der Waals surface area contributed by atoms with Crippen LogP contribution in [0.3, 0.4) is 0 Å². The van der Waals surface area contributed by atoms with Gasteiger partial charge in [0.05, 0.1) is 6.61 Å². The van der Waals surface area contributed by atoms with Crippen molar-refractivity contribution in [3.05, 3.63) is 0 Å². The monoisotopic (exact) mass is 315 g/mol. The van der Waals surface area contributed by atoms with Crippen LogP contribution in [0.2, 0.25) is 0 Å². The predicted molar refractivity (Wildman–Crippen MR) is 85.1 cm³/mol. The molecule has 6 heteroatoms. The number of nitrogens with one attached hydrogen (secondary N) is 1. The molecule has 0 radical (unpaired) electrons. The average molecular weight is 315 g/mol. The molecule has 0 heterocycles. The lowest BCUT2D eigenvalue weighted by Gasteiger charge is -2.17. The summed E-state index contributed by atoms with van der Waals surface area (Å²) in [4.78, 5) is 23.4. The second-order valence-corrected chi connectivity index (χ2v) is 5.95. The highest BCUT2D eigenvalue weighted by atomic mass is 32.2. The molecule has 0 rings (SSSR count). The summed E-state index contributed by atoms with van der Waals surface area (Å²) >= 11 is 1.59. The Morgan fingerprint density at radius 3 is 2.57 bits per heavy atom. The minimum atomic E-state index is -0.696. The van der Waals surface area contributed by atoms with Crippen molar-refractivity contribution >= 4 is 23.8 Å². The lowest BCUT2D eigenvalue weighted by Crippen LogP contribution is -2.42. The lowest BCUT2D eigenvalue weighted by molar-refractivity contribution is -0.146. The third kappa shape index (κ3) is 11.0. The van der Waals surface area contributed by atoms with E-state index >= 15 is 0 Å². The summed E-state index contributed by atoms with van der Waals surface area (Å²) in [6.45, 7) is 4.48. The summed E-state index contributed by atoms with van der Waals surface area (Å²) in [6, 6.07) is -0.693. The molecule has 0 bridgehead atoms. The number of hydrogen-bond acceptors (Lipinski definition) is 5. The molecule has 0 aromatic rings. The molecule has 1 N–H and O–H groups in total. The second-order valence-electron chi connectivity index (χ2n) is 4.96. The van der Waals surface area contributed by atoms with Crippen molar-refractivity contribution in [2.24, 2.45) is 5.92 Å². The molecule has 1 amide bonds. The Kier molecular flexibility index (Phi) is 11.6. The van der Waals surface area contributed by atoms with E-state index in [-0.39, 0.29) is 6.61 Å². The third-order valence-corrected chi connectivity index (χ3v) is 3.29. The van der Waals surface area contributed by atoms with Gasteiger partial charge in [0.15, 0.2) is 6.61 Å². The molecular weight excluding hydrogens is 290 g/mol. The third-order valence-electron chi connectivity index (χ3n) is 2.64. The van der Waals surface area contributed by atoms with Gasteiger partial charge in [-0.05, 0) is 37.2 Å². The number of alkyl carbamates (subject to hydrolysis) is 1. The summed E-state index contributed by atoms with van der Waals surface area (Å²) in [7, 11) is 0. The first-order valence-electron chi connectivity index (χ1n) is 7.03. The smallest absolute Gasteiger partial charge is 0.408 e. The largest absolute Gasteiger partial charge is 0.464 e. The number of rotatable bonds is 10. The van der Waals surface area contributed by atoms with E-state index < -0.39 is 18.1 Å². The van der Waals surface area contributed by atoms with E-state index in [1.165, 1.54) is 0 Å². The van der Waals surface area contributed by atoms with Crippen LogP contribution in [-0.4, -0.2) is 43.3 Å². The van der Waals surface area contributed by atoms with Crippen molar-refractivity contribution in [2.75, 3.05) is 25.2 Å². The Morgan fingerprint density at radius 1 is 1.29 bits per heavy atom. The molecule has 0 saturated carbocycles. The van der Waals surface area contributed by atoms with Gasteiger partial charge in [-0.25, -0.2) is 9.59 Å². The molecule has 120 valence electrons. The Balaban J connectivity index is 4.22. The molecule has 0 aromatic carbocycles. The van der Waals surface area contributed by atoms with Crippen LogP contribution in [0.15, 0.2) is 0 Å². The molecular formula is C15H25NO4S. The molecule has 1 atom stereocenters.